The molecule has 7 nitrogen and oxygen atoms in total. The van der Waals surface area contributed by atoms with Crippen LogP contribution in [0.1, 0.15) is 20.8 Å². The van der Waals surface area contributed by atoms with Gasteiger partial charge in [-0.05, 0) is 20.8 Å². The summed E-state index contributed by atoms with van der Waals surface area (Å²) < 4.78 is 7.87. The largest absolute Gasteiger partial charge is 0.462 e. The van der Waals surface area contributed by atoms with Gasteiger partial charge in [0, 0.05) is 5.75 Å². The first-order chi connectivity index (χ1) is 8.40. The van der Waals surface area contributed by atoms with E-state index in [2.05, 4.69) is 15.4 Å². The minimum Gasteiger partial charge on any atom is -0.462 e. The second kappa shape index (κ2) is 6.60. The smallest absolute Gasteiger partial charge is 0.323 e. The molecule has 2 atom stereocenters. The van der Waals surface area contributed by atoms with Crippen molar-refractivity contribution in [3.8, 4) is 0 Å². The lowest BCUT2D eigenvalue weighted by atomic mass is 10.3. The van der Waals surface area contributed by atoms with Crippen LogP contribution in [-0.2, 0) is 14.3 Å². The van der Waals surface area contributed by atoms with Crippen LogP contribution in [0, 0.1) is 0 Å². The molecule has 0 radical (unpaired) electrons. The fourth-order valence-electron chi connectivity index (χ4n) is 1.22. The minimum absolute atomic E-state index is 0.161. The number of carbonyl (C=O) groups is 3. The normalized spacial score (nSPS) is 20.6. The summed E-state index contributed by atoms with van der Waals surface area (Å²) in [5.41, 5.74) is 0. The predicted octanol–water partition coefficient (Wildman–Crippen LogP) is -0.228. The molecular weight excluding hydrogens is 258 g/mol. The Balaban J connectivity index is 2.23. The highest BCUT2D eigenvalue weighted by Crippen LogP contribution is 2.05. The van der Waals surface area contributed by atoms with Crippen molar-refractivity contribution >= 4 is 29.9 Å². The number of carbonyl (C=O) groups excluding carboxylic acids is 3. The monoisotopic (exact) mass is 275 g/mol. The second-order valence-electron chi connectivity index (χ2n) is 4.15. The summed E-state index contributed by atoms with van der Waals surface area (Å²) in [4.78, 5) is 33.5. The lowest BCUT2D eigenvalue weighted by Crippen LogP contribution is -2.36. The van der Waals surface area contributed by atoms with E-state index in [4.69, 9.17) is 4.74 Å². The van der Waals surface area contributed by atoms with Crippen LogP contribution in [0.5, 0.6) is 0 Å². The number of esters is 1. The fourth-order valence-corrected chi connectivity index (χ4v) is 2.06. The van der Waals surface area contributed by atoms with Gasteiger partial charge < -0.3 is 10.1 Å². The van der Waals surface area contributed by atoms with E-state index in [-0.39, 0.29) is 18.0 Å². The summed E-state index contributed by atoms with van der Waals surface area (Å²) in [6.07, 6.45) is -0.161. The molecule has 0 bridgehead atoms. The molecule has 0 aromatic rings. The Morgan fingerprint density at radius 1 is 1.44 bits per heavy atom. The van der Waals surface area contributed by atoms with Crippen molar-refractivity contribution in [2.75, 3.05) is 5.75 Å². The van der Waals surface area contributed by atoms with Gasteiger partial charge in [0.2, 0.25) is 0 Å². The van der Waals surface area contributed by atoms with Gasteiger partial charge in [-0.15, -0.1) is 0 Å². The third kappa shape index (κ3) is 4.53. The van der Waals surface area contributed by atoms with Gasteiger partial charge >= 0.3 is 12.0 Å². The highest BCUT2D eigenvalue weighted by Gasteiger charge is 2.29. The average Bonchev–Trinajstić information content (AvgIpc) is 2.56. The van der Waals surface area contributed by atoms with Crippen LogP contribution in [0.4, 0.5) is 4.79 Å². The molecule has 1 aliphatic heterocycles. The van der Waals surface area contributed by atoms with E-state index in [9.17, 15) is 14.4 Å². The number of rotatable bonds is 6. The maximum Gasteiger partial charge on any atom is 0.323 e. The number of nitrogens with one attached hydrogen (secondary N) is 3. The molecular formula is C10H17N3O4S. The third-order valence-electron chi connectivity index (χ3n) is 2.07. The molecule has 18 heavy (non-hydrogen) atoms. The standard InChI is InChI=1S/C10H17N3O4S/c1-5(2)17-9(15)6(3)13-18-4-7-8(14)12-10(16)11-7/h5-7,13H,4H2,1-3H3,(H2,11,12,14,16)/t6-,7-/m1/s1. The highest BCUT2D eigenvalue weighted by molar-refractivity contribution is 7.97. The van der Waals surface area contributed by atoms with Gasteiger partial charge in [0.05, 0.1) is 6.10 Å². The summed E-state index contributed by atoms with van der Waals surface area (Å²) >= 11 is 1.19. The summed E-state index contributed by atoms with van der Waals surface area (Å²) in [5, 5.41) is 4.59. The van der Waals surface area contributed by atoms with Crippen molar-refractivity contribution in [3.63, 3.8) is 0 Å². The molecule has 102 valence electrons. The number of hydrogen-bond acceptors (Lipinski definition) is 6. The SMILES string of the molecule is CC(C)OC(=O)[C@@H](C)NSC[C@H]1NC(=O)NC1=O. The maximum atomic E-state index is 11.4. The van der Waals surface area contributed by atoms with Gasteiger partial charge in [-0.25, -0.2) is 4.79 Å². The van der Waals surface area contributed by atoms with Gasteiger partial charge in [-0.1, -0.05) is 11.9 Å². The van der Waals surface area contributed by atoms with E-state index >= 15 is 0 Å². The molecule has 0 aliphatic carbocycles. The van der Waals surface area contributed by atoms with E-state index < -0.39 is 18.1 Å². The first-order valence-electron chi connectivity index (χ1n) is 5.59. The summed E-state index contributed by atoms with van der Waals surface area (Å²) in [6.45, 7) is 5.22. The number of hydrogen-bond donors (Lipinski definition) is 3. The second-order valence-corrected chi connectivity index (χ2v) is 5.01. The highest BCUT2D eigenvalue weighted by atomic mass is 32.2. The van der Waals surface area contributed by atoms with Crippen molar-refractivity contribution in [1.82, 2.24) is 15.4 Å². The molecule has 1 heterocycles. The quantitative estimate of drug-likeness (QED) is 0.352. The summed E-state index contributed by atoms with van der Waals surface area (Å²) in [7, 11) is 0. The van der Waals surface area contributed by atoms with Gasteiger partial charge in [0.1, 0.15) is 12.1 Å². The van der Waals surface area contributed by atoms with Crippen molar-refractivity contribution in [3.05, 3.63) is 0 Å². The molecule has 8 heteroatoms. The van der Waals surface area contributed by atoms with Crippen molar-refractivity contribution in [2.45, 2.75) is 39.0 Å². The Kier molecular flexibility index (Phi) is 5.42. The van der Waals surface area contributed by atoms with E-state index in [1.54, 1.807) is 20.8 Å². The number of ether oxygens (including phenoxy) is 1. The van der Waals surface area contributed by atoms with Crippen LogP contribution in [0.25, 0.3) is 0 Å². The van der Waals surface area contributed by atoms with Crippen LogP contribution in [0.3, 0.4) is 0 Å². The van der Waals surface area contributed by atoms with Gasteiger partial charge in [0.15, 0.2) is 0 Å². The van der Waals surface area contributed by atoms with Gasteiger partial charge in [-0.3, -0.25) is 19.6 Å². The maximum absolute atomic E-state index is 11.4. The molecule has 0 saturated carbocycles. The molecule has 0 unspecified atom stereocenters. The minimum atomic E-state index is -0.566. The van der Waals surface area contributed by atoms with Crippen LogP contribution in [-0.4, -0.2) is 41.8 Å². The first kappa shape index (κ1) is 14.8. The van der Waals surface area contributed by atoms with Crippen LogP contribution in [0.2, 0.25) is 0 Å². The Hall–Kier alpha value is -1.28. The van der Waals surface area contributed by atoms with E-state index in [1.807, 2.05) is 0 Å². The van der Waals surface area contributed by atoms with Crippen molar-refractivity contribution < 1.29 is 19.1 Å². The zero-order chi connectivity index (χ0) is 13.7. The molecule has 0 aromatic carbocycles. The Morgan fingerprint density at radius 3 is 2.61 bits per heavy atom. The Labute approximate surface area is 110 Å². The molecule has 1 fully saturated rings. The molecule has 0 spiro atoms. The van der Waals surface area contributed by atoms with Crippen LogP contribution >= 0.6 is 11.9 Å². The zero-order valence-corrected chi connectivity index (χ0v) is 11.3. The zero-order valence-electron chi connectivity index (χ0n) is 10.5. The van der Waals surface area contributed by atoms with Crippen molar-refractivity contribution in [1.29, 1.82) is 0 Å². The molecule has 0 aromatic heterocycles. The molecule has 1 saturated heterocycles. The summed E-state index contributed by atoms with van der Waals surface area (Å²) in [6, 6.07) is -1.53. The first-order valence-corrected chi connectivity index (χ1v) is 6.58. The average molecular weight is 275 g/mol. The number of urea groups is 1. The molecule has 3 N–H and O–H groups in total. The van der Waals surface area contributed by atoms with Crippen LogP contribution in [0.15, 0.2) is 0 Å². The van der Waals surface area contributed by atoms with Crippen LogP contribution < -0.4 is 15.4 Å². The Morgan fingerprint density at radius 2 is 2.11 bits per heavy atom. The number of imide groups is 1. The van der Waals surface area contributed by atoms with E-state index in [0.717, 1.165) is 0 Å². The van der Waals surface area contributed by atoms with Gasteiger partial charge in [0.25, 0.3) is 5.91 Å². The van der Waals surface area contributed by atoms with Crippen molar-refractivity contribution in [2.24, 2.45) is 0 Å². The lowest BCUT2D eigenvalue weighted by Gasteiger charge is -2.15. The predicted molar refractivity (Wildman–Crippen MR) is 66.7 cm³/mol. The summed E-state index contributed by atoms with van der Waals surface area (Å²) in [5.74, 6) is -0.360. The third-order valence-corrected chi connectivity index (χ3v) is 3.09. The van der Waals surface area contributed by atoms with Gasteiger partial charge in [-0.2, -0.15) is 0 Å². The Bertz CT molecular complexity index is 348. The fraction of sp³-hybridized carbons (Fsp3) is 0.700. The number of amides is 3. The topological polar surface area (TPSA) is 96.5 Å². The van der Waals surface area contributed by atoms with E-state index in [0.29, 0.717) is 5.75 Å². The van der Waals surface area contributed by atoms with E-state index in [1.165, 1.54) is 11.9 Å². The molecule has 1 rings (SSSR count). The lowest BCUT2D eigenvalue weighted by molar-refractivity contribution is -0.148. The molecule has 1 aliphatic rings. The molecule has 3 amide bonds.